The fourth-order valence-corrected chi connectivity index (χ4v) is 17.9. The Morgan fingerprint density at radius 2 is 0.621 bits per heavy atom. The van der Waals surface area contributed by atoms with Gasteiger partial charge >= 0.3 is 0 Å². The summed E-state index contributed by atoms with van der Waals surface area (Å²) in [6.45, 7) is 0. The molecular weight excluding hydrogens is 609 g/mol. The van der Waals surface area contributed by atoms with Crippen molar-refractivity contribution in [1.82, 2.24) is 0 Å². The van der Waals surface area contributed by atoms with E-state index in [9.17, 15) is 0 Å². The quantitative estimate of drug-likeness (QED) is 0.259. The summed E-state index contributed by atoms with van der Waals surface area (Å²) in [5.74, 6) is 12.1. The summed E-state index contributed by atoms with van der Waals surface area (Å²) in [7, 11) is 0. The van der Waals surface area contributed by atoms with E-state index in [1.807, 2.05) is 92.4 Å². The zero-order valence-electron chi connectivity index (χ0n) is 15.4. The van der Waals surface area contributed by atoms with Crippen LogP contribution in [-0.4, -0.2) is 57.5 Å². The standard InChI is InChI=1S/C16H20S13/c17-15-26-11-13(28-15)24-9-5-21-6-10-25-14-12(27-16(18)29-14)23-8-4-20-2-1-19-3-7-22-11/h1-10H2. The second-order valence-corrected chi connectivity index (χ2v) is 20.9. The second-order valence-electron chi connectivity index (χ2n) is 5.29. The first-order valence-electron chi connectivity index (χ1n) is 8.74. The fourth-order valence-electron chi connectivity index (χ4n) is 2.06. The van der Waals surface area contributed by atoms with E-state index in [2.05, 4.69) is 35.3 Å². The Morgan fingerprint density at radius 3 is 0.897 bits per heavy atom. The first-order chi connectivity index (χ1) is 14.2. The molecule has 0 radical (unpaired) electrons. The maximum Gasteiger partial charge on any atom is 0.145 e. The van der Waals surface area contributed by atoms with Crippen LogP contribution >= 0.6 is 152 Å². The van der Waals surface area contributed by atoms with Crippen molar-refractivity contribution in [3.05, 3.63) is 6.28 Å². The molecule has 3 rings (SSSR count). The van der Waals surface area contributed by atoms with E-state index in [1.165, 1.54) is 74.4 Å². The van der Waals surface area contributed by atoms with Gasteiger partial charge in [-0.15, -0.1) is 92.4 Å². The van der Waals surface area contributed by atoms with Crippen molar-refractivity contribution in [1.29, 1.82) is 0 Å². The Balaban J connectivity index is 1.52. The second kappa shape index (κ2) is 15.8. The smallest absolute Gasteiger partial charge is 0.145 e. The lowest BCUT2D eigenvalue weighted by atomic mass is 10.9. The monoisotopic (exact) mass is 628 g/mol. The normalized spacial score (nSPS) is 19.0. The van der Waals surface area contributed by atoms with Gasteiger partial charge in [-0.1, -0.05) is 24.4 Å². The fraction of sp³-hybridized carbons (Fsp3) is 0.625. The third-order valence-electron chi connectivity index (χ3n) is 3.25. The Hall–Kier alpha value is 2.99. The Morgan fingerprint density at radius 1 is 0.379 bits per heavy atom. The summed E-state index contributed by atoms with van der Waals surface area (Å²) >= 11 is 32.4. The third kappa shape index (κ3) is 10.4. The summed E-state index contributed by atoms with van der Waals surface area (Å²) in [5.41, 5.74) is 0. The van der Waals surface area contributed by atoms with Gasteiger partial charge in [-0.3, -0.25) is 0 Å². The molecule has 0 aliphatic carbocycles. The van der Waals surface area contributed by atoms with E-state index in [-0.39, 0.29) is 0 Å². The van der Waals surface area contributed by atoms with E-state index in [1.54, 1.807) is 0 Å². The highest BCUT2D eigenvalue weighted by Gasteiger charge is 2.11. The van der Waals surface area contributed by atoms with Gasteiger partial charge < -0.3 is 0 Å². The van der Waals surface area contributed by atoms with Gasteiger partial charge in [0.1, 0.15) is 6.28 Å². The summed E-state index contributed by atoms with van der Waals surface area (Å²) in [6.07, 6.45) is 0. The maximum atomic E-state index is 5.46. The highest BCUT2D eigenvalue weighted by atomic mass is 32.2. The summed E-state index contributed by atoms with van der Waals surface area (Å²) < 4.78 is 7.95. The molecule has 2 aromatic heterocycles. The van der Waals surface area contributed by atoms with Crippen LogP contribution in [0.25, 0.3) is 0 Å². The molecule has 0 N–H and O–H groups in total. The molecule has 0 fully saturated rings. The van der Waals surface area contributed by atoms with Crippen LogP contribution in [-0.2, 0) is 0 Å². The lowest BCUT2D eigenvalue weighted by molar-refractivity contribution is 1.43. The Kier molecular flexibility index (Phi) is 14.5. The van der Waals surface area contributed by atoms with Crippen molar-refractivity contribution in [2.75, 3.05) is 57.5 Å². The molecule has 3 heterocycles. The molecule has 13 heteroatoms. The van der Waals surface area contributed by atoms with Gasteiger partial charge in [0.15, 0.2) is 0 Å². The third-order valence-corrected chi connectivity index (χ3v) is 18.7. The van der Waals surface area contributed by atoms with Crippen molar-refractivity contribution >= 4 is 152 Å². The first kappa shape index (κ1) is 26.6. The molecule has 0 bridgehead atoms. The van der Waals surface area contributed by atoms with Crippen LogP contribution in [0.4, 0.5) is 0 Å². The van der Waals surface area contributed by atoms with Gasteiger partial charge in [-0.2, -0.15) is 35.3 Å². The van der Waals surface area contributed by atoms with Gasteiger partial charge in [0.05, 0.1) is 16.8 Å². The molecule has 1 aliphatic rings. The van der Waals surface area contributed by atoms with Crippen molar-refractivity contribution in [2.45, 2.75) is 16.8 Å². The molecule has 0 nitrogen and oxygen atoms in total. The predicted molar refractivity (Wildman–Crippen MR) is 161 cm³/mol. The van der Waals surface area contributed by atoms with E-state index in [4.69, 9.17) is 24.4 Å². The minimum absolute atomic E-state index is 1.07. The highest BCUT2D eigenvalue weighted by molar-refractivity contribution is 8.08. The zero-order valence-corrected chi connectivity index (χ0v) is 26.0. The number of hydrogen-bond donors (Lipinski definition) is 0. The molecule has 2 aromatic rings. The number of fused-ring (bicyclic) bond motifs is 2. The lowest BCUT2D eigenvalue weighted by Gasteiger charge is -2.04. The van der Waals surface area contributed by atoms with E-state index >= 15 is 0 Å². The maximum absolute atomic E-state index is 5.46. The number of rotatable bonds is 0. The average Bonchev–Trinajstić information content (AvgIpc) is 3.23. The van der Waals surface area contributed by atoms with Crippen LogP contribution in [0, 0.1) is 6.28 Å². The van der Waals surface area contributed by atoms with Crippen LogP contribution in [0.2, 0.25) is 0 Å². The Labute approximate surface area is 229 Å². The summed E-state index contributed by atoms with van der Waals surface area (Å²) in [5, 5.41) is 0. The molecule has 0 atom stereocenters. The minimum atomic E-state index is 1.07. The largest absolute Gasteiger partial charge is 0.160 e. The van der Waals surface area contributed by atoms with Gasteiger partial charge in [0.2, 0.25) is 0 Å². The molecule has 0 unspecified atom stereocenters. The van der Waals surface area contributed by atoms with E-state index in [0.29, 0.717) is 0 Å². The molecule has 1 aliphatic heterocycles. The van der Waals surface area contributed by atoms with Gasteiger partial charge in [-0.25, -0.2) is 0 Å². The van der Waals surface area contributed by atoms with Crippen LogP contribution in [0.5, 0.6) is 0 Å². The summed E-state index contributed by atoms with van der Waals surface area (Å²) in [4.78, 5) is 0. The number of hydrogen-bond acceptors (Lipinski definition) is 13. The molecule has 0 spiro atoms. The van der Waals surface area contributed by atoms with Gasteiger partial charge in [-0.05, 0) is 0 Å². The van der Waals surface area contributed by atoms with Crippen molar-refractivity contribution in [2.24, 2.45) is 0 Å². The molecule has 162 valence electrons. The average molecular weight is 629 g/mol. The predicted octanol–water partition coefficient (Wildman–Crippen LogP) is 9.67. The summed E-state index contributed by atoms with van der Waals surface area (Å²) in [6, 6.07) is 0. The molecule has 0 saturated heterocycles. The first-order valence-corrected chi connectivity index (χ1v) is 20.2. The molecule has 0 saturated carbocycles. The van der Waals surface area contributed by atoms with Crippen molar-refractivity contribution in [3.8, 4) is 0 Å². The molecule has 29 heavy (non-hydrogen) atoms. The lowest BCUT2D eigenvalue weighted by Crippen LogP contribution is -1.92. The zero-order chi connectivity index (χ0) is 20.3. The van der Waals surface area contributed by atoms with Gasteiger partial charge in [0, 0.05) is 57.5 Å². The van der Waals surface area contributed by atoms with Crippen molar-refractivity contribution in [3.63, 3.8) is 0 Å². The molecule has 0 amide bonds. The van der Waals surface area contributed by atoms with E-state index in [0.717, 1.165) is 6.28 Å². The highest BCUT2D eigenvalue weighted by Crippen LogP contribution is 2.42. The topological polar surface area (TPSA) is 0 Å². The molecule has 0 aromatic carbocycles. The van der Waals surface area contributed by atoms with Crippen molar-refractivity contribution < 1.29 is 0 Å². The van der Waals surface area contributed by atoms with Crippen LogP contribution in [0.15, 0.2) is 16.8 Å². The Bertz CT molecular complexity index is 760. The van der Waals surface area contributed by atoms with Crippen LogP contribution in [0.1, 0.15) is 0 Å². The number of thioether (sulfide) groups is 7. The van der Waals surface area contributed by atoms with Crippen LogP contribution in [0.3, 0.4) is 0 Å². The van der Waals surface area contributed by atoms with Gasteiger partial charge in [0.25, 0.3) is 0 Å². The minimum Gasteiger partial charge on any atom is -0.160 e. The van der Waals surface area contributed by atoms with Crippen LogP contribution < -0.4 is 0 Å². The van der Waals surface area contributed by atoms with E-state index < -0.39 is 0 Å². The molecular formula is C16H20S13. The SMILES string of the molecule is S=c1sc2c(s1)SCCSCCSc1sc(=S)sc1SCCSCCSCCS2.